The Bertz CT molecular complexity index is 421. The van der Waals surface area contributed by atoms with Crippen LogP contribution in [0.1, 0.15) is 31.9 Å². The van der Waals surface area contributed by atoms with E-state index in [1.165, 1.54) is 0 Å². The summed E-state index contributed by atoms with van der Waals surface area (Å²) in [7, 11) is 0. The number of carbonyl (C=O) groups excluding carboxylic acids is 1. The van der Waals surface area contributed by atoms with Gasteiger partial charge < -0.3 is 14.8 Å². The van der Waals surface area contributed by atoms with Crippen molar-refractivity contribution < 1.29 is 14.3 Å². The fourth-order valence-corrected chi connectivity index (χ4v) is 2.37. The van der Waals surface area contributed by atoms with Gasteiger partial charge in [0.05, 0.1) is 19.1 Å². The minimum Gasteiger partial charge on any atom is -0.457 e. The lowest BCUT2D eigenvalue weighted by Gasteiger charge is -2.20. The fraction of sp³-hybridized carbons (Fsp3) is 0.562. The summed E-state index contributed by atoms with van der Waals surface area (Å²) in [4.78, 5) is 12.3. The Labute approximate surface area is 120 Å². The second kappa shape index (κ2) is 7.41. The summed E-state index contributed by atoms with van der Waals surface area (Å²) in [5.41, 5.74) is 1.01. The van der Waals surface area contributed by atoms with Crippen molar-refractivity contribution in [3.8, 4) is 0 Å². The molecule has 110 valence electrons. The molecule has 1 aromatic rings. The van der Waals surface area contributed by atoms with E-state index in [9.17, 15) is 4.79 Å². The normalized spacial score (nSPS) is 23.5. The fourth-order valence-electron chi connectivity index (χ4n) is 2.37. The monoisotopic (exact) mass is 277 g/mol. The van der Waals surface area contributed by atoms with Crippen LogP contribution in [-0.4, -0.2) is 31.8 Å². The number of ether oxygens (including phenoxy) is 2. The van der Waals surface area contributed by atoms with Crippen LogP contribution in [0.15, 0.2) is 30.3 Å². The summed E-state index contributed by atoms with van der Waals surface area (Å²) >= 11 is 0. The Kier molecular flexibility index (Phi) is 5.56. The van der Waals surface area contributed by atoms with E-state index >= 15 is 0 Å². The molecule has 0 amide bonds. The smallest absolute Gasteiger partial charge is 0.313 e. The van der Waals surface area contributed by atoms with Gasteiger partial charge in [0.15, 0.2) is 0 Å². The molecule has 4 nitrogen and oxygen atoms in total. The van der Waals surface area contributed by atoms with Crippen molar-refractivity contribution in [2.24, 2.45) is 5.92 Å². The molecule has 0 spiro atoms. The van der Waals surface area contributed by atoms with Crippen molar-refractivity contribution in [2.75, 3.05) is 19.8 Å². The molecule has 1 aliphatic heterocycles. The standard InChI is InChI=1S/C16H23NO3/c1-3-9-17-15-11-19-10-14(15)16(18)20-12(2)13-7-5-4-6-8-13/h4-8,12,14-15,17H,3,9-11H2,1-2H3. The van der Waals surface area contributed by atoms with Crippen LogP contribution in [0.3, 0.4) is 0 Å². The highest BCUT2D eigenvalue weighted by atomic mass is 16.5. The first-order chi connectivity index (χ1) is 9.72. The lowest BCUT2D eigenvalue weighted by Crippen LogP contribution is -2.40. The van der Waals surface area contributed by atoms with Crippen LogP contribution in [-0.2, 0) is 14.3 Å². The molecule has 1 aromatic carbocycles. The van der Waals surface area contributed by atoms with Crippen molar-refractivity contribution in [1.29, 1.82) is 0 Å². The van der Waals surface area contributed by atoms with E-state index in [2.05, 4.69) is 12.2 Å². The van der Waals surface area contributed by atoms with Crippen molar-refractivity contribution in [1.82, 2.24) is 5.32 Å². The molecule has 0 saturated carbocycles. The first-order valence-electron chi connectivity index (χ1n) is 7.29. The Morgan fingerprint density at radius 2 is 2.15 bits per heavy atom. The van der Waals surface area contributed by atoms with Crippen LogP contribution in [0.2, 0.25) is 0 Å². The SMILES string of the molecule is CCCNC1COCC1C(=O)OC(C)c1ccccc1. The lowest BCUT2D eigenvalue weighted by molar-refractivity contribution is -0.154. The Hall–Kier alpha value is -1.39. The molecule has 20 heavy (non-hydrogen) atoms. The molecule has 1 saturated heterocycles. The molecule has 3 atom stereocenters. The van der Waals surface area contributed by atoms with Crippen LogP contribution in [0.5, 0.6) is 0 Å². The number of hydrogen-bond donors (Lipinski definition) is 1. The molecule has 3 unspecified atom stereocenters. The van der Waals surface area contributed by atoms with Gasteiger partial charge in [-0.25, -0.2) is 0 Å². The molecule has 0 bridgehead atoms. The van der Waals surface area contributed by atoms with E-state index < -0.39 is 0 Å². The first kappa shape index (κ1) is 15.0. The second-order valence-corrected chi connectivity index (χ2v) is 5.19. The highest BCUT2D eigenvalue weighted by Crippen LogP contribution is 2.21. The topological polar surface area (TPSA) is 47.6 Å². The number of hydrogen-bond acceptors (Lipinski definition) is 4. The van der Waals surface area contributed by atoms with Crippen LogP contribution >= 0.6 is 0 Å². The number of rotatable bonds is 6. The van der Waals surface area contributed by atoms with Crippen molar-refractivity contribution in [3.63, 3.8) is 0 Å². The van der Waals surface area contributed by atoms with E-state index in [-0.39, 0.29) is 24.0 Å². The Morgan fingerprint density at radius 1 is 1.40 bits per heavy atom. The zero-order valence-electron chi connectivity index (χ0n) is 12.2. The largest absolute Gasteiger partial charge is 0.457 e. The molecule has 2 rings (SSSR count). The summed E-state index contributed by atoms with van der Waals surface area (Å²) < 4.78 is 11.0. The number of esters is 1. The average Bonchev–Trinajstić information content (AvgIpc) is 2.94. The van der Waals surface area contributed by atoms with Gasteiger partial charge in [-0.05, 0) is 25.5 Å². The highest BCUT2D eigenvalue weighted by molar-refractivity contribution is 5.74. The van der Waals surface area contributed by atoms with Gasteiger partial charge in [-0.1, -0.05) is 37.3 Å². The predicted octanol–water partition coefficient (Wildman–Crippen LogP) is 2.31. The van der Waals surface area contributed by atoms with Gasteiger partial charge in [-0.2, -0.15) is 0 Å². The van der Waals surface area contributed by atoms with Gasteiger partial charge >= 0.3 is 5.97 Å². The third-order valence-corrected chi connectivity index (χ3v) is 3.60. The van der Waals surface area contributed by atoms with Crippen LogP contribution in [0.25, 0.3) is 0 Å². The van der Waals surface area contributed by atoms with Crippen molar-refractivity contribution in [3.05, 3.63) is 35.9 Å². The third kappa shape index (κ3) is 3.81. The van der Waals surface area contributed by atoms with E-state index in [0.29, 0.717) is 13.2 Å². The first-order valence-corrected chi connectivity index (χ1v) is 7.29. The minimum atomic E-state index is -0.226. The van der Waals surface area contributed by atoms with Gasteiger partial charge in [0.1, 0.15) is 6.10 Å². The molecular weight excluding hydrogens is 254 g/mol. The number of nitrogens with one attached hydrogen (secondary N) is 1. The van der Waals surface area contributed by atoms with E-state index in [1.807, 2.05) is 37.3 Å². The summed E-state index contributed by atoms with van der Waals surface area (Å²) in [5, 5.41) is 3.35. The van der Waals surface area contributed by atoms with Gasteiger partial charge in [-0.3, -0.25) is 4.79 Å². The lowest BCUT2D eigenvalue weighted by atomic mass is 10.0. The summed E-state index contributed by atoms with van der Waals surface area (Å²) in [5.74, 6) is -0.375. The molecule has 0 aliphatic carbocycles. The summed E-state index contributed by atoms with van der Waals surface area (Å²) in [6, 6.07) is 9.86. The van der Waals surface area contributed by atoms with Crippen LogP contribution in [0.4, 0.5) is 0 Å². The van der Waals surface area contributed by atoms with Crippen LogP contribution in [0, 0.1) is 5.92 Å². The molecule has 1 heterocycles. The summed E-state index contributed by atoms with van der Waals surface area (Å²) in [6.07, 6.45) is 0.815. The van der Waals surface area contributed by atoms with Gasteiger partial charge in [0.2, 0.25) is 0 Å². The maximum atomic E-state index is 12.3. The zero-order chi connectivity index (χ0) is 14.4. The van der Waals surface area contributed by atoms with Gasteiger partial charge in [0, 0.05) is 6.04 Å². The van der Waals surface area contributed by atoms with Gasteiger partial charge in [-0.15, -0.1) is 0 Å². The molecule has 4 heteroatoms. The summed E-state index contributed by atoms with van der Waals surface area (Å²) in [6.45, 7) is 5.93. The van der Waals surface area contributed by atoms with Crippen LogP contribution < -0.4 is 5.32 Å². The molecule has 0 radical (unpaired) electrons. The Balaban J connectivity index is 1.90. The molecule has 1 fully saturated rings. The maximum Gasteiger partial charge on any atom is 0.313 e. The van der Waals surface area contributed by atoms with Crippen molar-refractivity contribution >= 4 is 5.97 Å². The van der Waals surface area contributed by atoms with Crippen molar-refractivity contribution in [2.45, 2.75) is 32.4 Å². The number of carbonyl (C=O) groups is 1. The Morgan fingerprint density at radius 3 is 2.85 bits per heavy atom. The predicted molar refractivity (Wildman–Crippen MR) is 77.3 cm³/mol. The zero-order valence-corrected chi connectivity index (χ0v) is 12.2. The van der Waals surface area contributed by atoms with E-state index in [4.69, 9.17) is 9.47 Å². The van der Waals surface area contributed by atoms with E-state index in [1.54, 1.807) is 0 Å². The maximum absolute atomic E-state index is 12.3. The second-order valence-electron chi connectivity index (χ2n) is 5.19. The molecule has 1 N–H and O–H groups in total. The number of benzene rings is 1. The molecule has 1 aliphatic rings. The molecular formula is C16H23NO3. The minimum absolute atomic E-state index is 0.0745. The highest BCUT2D eigenvalue weighted by Gasteiger charge is 2.35. The van der Waals surface area contributed by atoms with Gasteiger partial charge in [0.25, 0.3) is 0 Å². The average molecular weight is 277 g/mol. The third-order valence-electron chi connectivity index (χ3n) is 3.60. The quantitative estimate of drug-likeness (QED) is 0.811. The van der Waals surface area contributed by atoms with E-state index in [0.717, 1.165) is 18.5 Å². The molecule has 0 aromatic heterocycles.